The molecule has 1 aromatic rings. The first-order valence-electron chi connectivity index (χ1n) is 8.84. The van der Waals surface area contributed by atoms with Crippen molar-refractivity contribution in [3.63, 3.8) is 0 Å². The van der Waals surface area contributed by atoms with Crippen LogP contribution in [-0.2, 0) is 0 Å². The molecule has 23 heavy (non-hydrogen) atoms. The second kappa shape index (κ2) is 8.55. The van der Waals surface area contributed by atoms with Crippen molar-refractivity contribution in [2.24, 2.45) is 0 Å². The van der Waals surface area contributed by atoms with Crippen molar-refractivity contribution >= 4 is 0 Å². The zero-order chi connectivity index (χ0) is 16.8. The van der Waals surface area contributed by atoms with Crippen LogP contribution in [0, 0.1) is 0 Å². The fourth-order valence-corrected chi connectivity index (χ4v) is 3.74. The molecule has 0 saturated carbocycles. The standard InChI is InChI=1S/C19H32N2O2/c1-6-20(7-2)16-10-12-21(13-11-16)15(3)18-14-17(22-4)8-9-19(18)23-5/h8-9,14-16H,6-7,10-13H2,1-5H3/t15-/m1/s1. The van der Waals surface area contributed by atoms with Gasteiger partial charge in [0.05, 0.1) is 14.2 Å². The molecule has 4 nitrogen and oxygen atoms in total. The average molecular weight is 320 g/mol. The van der Waals surface area contributed by atoms with Crippen LogP contribution in [0.5, 0.6) is 11.5 Å². The Bertz CT molecular complexity index is 480. The largest absolute Gasteiger partial charge is 0.497 e. The van der Waals surface area contributed by atoms with E-state index in [0.29, 0.717) is 6.04 Å². The second-order valence-corrected chi connectivity index (χ2v) is 6.27. The van der Waals surface area contributed by atoms with E-state index in [9.17, 15) is 0 Å². The van der Waals surface area contributed by atoms with E-state index in [1.165, 1.54) is 18.4 Å². The van der Waals surface area contributed by atoms with E-state index in [-0.39, 0.29) is 0 Å². The molecule has 4 heteroatoms. The van der Waals surface area contributed by atoms with Crippen LogP contribution in [0.25, 0.3) is 0 Å². The van der Waals surface area contributed by atoms with Crippen LogP contribution in [0.1, 0.15) is 45.2 Å². The van der Waals surface area contributed by atoms with Crippen molar-refractivity contribution < 1.29 is 9.47 Å². The Kier molecular flexibility index (Phi) is 6.72. The van der Waals surface area contributed by atoms with Crippen molar-refractivity contribution in [2.45, 2.75) is 45.7 Å². The van der Waals surface area contributed by atoms with E-state index in [1.807, 2.05) is 12.1 Å². The molecule has 0 amide bonds. The van der Waals surface area contributed by atoms with E-state index in [2.05, 4.69) is 36.6 Å². The van der Waals surface area contributed by atoms with Crippen molar-refractivity contribution in [3.8, 4) is 11.5 Å². The van der Waals surface area contributed by atoms with Crippen LogP contribution < -0.4 is 9.47 Å². The van der Waals surface area contributed by atoms with Gasteiger partial charge < -0.3 is 14.4 Å². The Balaban J connectivity index is 2.06. The van der Waals surface area contributed by atoms with E-state index in [0.717, 1.165) is 43.7 Å². The van der Waals surface area contributed by atoms with E-state index in [4.69, 9.17) is 9.47 Å². The summed E-state index contributed by atoms with van der Waals surface area (Å²) in [7, 11) is 3.45. The van der Waals surface area contributed by atoms with Gasteiger partial charge in [-0.05, 0) is 51.1 Å². The topological polar surface area (TPSA) is 24.9 Å². The monoisotopic (exact) mass is 320 g/mol. The molecule has 0 spiro atoms. The van der Waals surface area contributed by atoms with Gasteiger partial charge in [0.2, 0.25) is 0 Å². The minimum atomic E-state index is 0.345. The Hall–Kier alpha value is -1.26. The maximum absolute atomic E-state index is 5.56. The third-order valence-corrected chi connectivity index (χ3v) is 5.26. The lowest BCUT2D eigenvalue weighted by Gasteiger charge is -2.40. The molecule has 1 aliphatic heterocycles. The maximum atomic E-state index is 5.56. The van der Waals surface area contributed by atoms with Crippen LogP contribution in [0.2, 0.25) is 0 Å². The third kappa shape index (κ3) is 4.18. The van der Waals surface area contributed by atoms with Gasteiger partial charge >= 0.3 is 0 Å². The van der Waals surface area contributed by atoms with Crippen LogP contribution in [-0.4, -0.2) is 56.2 Å². The van der Waals surface area contributed by atoms with Gasteiger partial charge in [0.25, 0.3) is 0 Å². The minimum absolute atomic E-state index is 0.345. The summed E-state index contributed by atoms with van der Waals surface area (Å²) in [6.07, 6.45) is 2.50. The lowest BCUT2D eigenvalue weighted by atomic mass is 9.98. The number of hydrogen-bond acceptors (Lipinski definition) is 4. The van der Waals surface area contributed by atoms with Crippen molar-refractivity contribution in [3.05, 3.63) is 23.8 Å². The van der Waals surface area contributed by atoms with Gasteiger partial charge in [0, 0.05) is 30.7 Å². The summed E-state index contributed by atoms with van der Waals surface area (Å²) in [4.78, 5) is 5.16. The fourth-order valence-electron chi connectivity index (χ4n) is 3.74. The van der Waals surface area contributed by atoms with E-state index < -0.39 is 0 Å². The Morgan fingerprint density at radius 1 is 1.13 bits per heavy atom. The third-order valence-electron chi connectivity index (χ3n) is 5.26. The Morgan fingerprint density at radius 3 is 2.30 bits per heavy atom. The molecular formula is C19H32N2O2. The molecule has 0 aliphatic carbocycles. The predicted molar refractivity (Wildman–Crippen MR) is 95.5 cm³/mol. The van der Waals surface area contributed by atoms with E-state index >= 15 is 0 Å². The zero-order valence-electron chi connectivity index (χ0n) is 15.3. The van der Waals surface area contributed by atoms with Gasteiger partial charge in [-0.15, -0.1) is 0 Å². The second-order valence-electron chi connectivity index (χ2n) is 6.27. The fraction of sp³-hybridized carbons (Fsp3) is 0.684. The molecule has 2 rings (SSSR count). The highest BCUT2D eigenvalue weighted by Gasteiger charge is 2.27. The van der Waals surface area contributed by atoms with Crippen LogP contribution in [0.3, 0.4) is 0 Å². The number of methoxy groups -OCH3 is 2. The number of rotatable bonds is 7. The summed E-state index contributed by atoms with van der Waals surface area (Å²) < 4.78 is 10.9. The molecule has 0 bridgehead atoms. The Morgan fingerprint density at radius 2 is 1.78 bits per heavy atom. The number of hydrogen-bond donors (Lipinski definition) is 0. The van der Waals surface area contributed by atoms with Crippen molar-refractivity contribution in [2.75, 3.05) is 40.4 Å². The highest BCUT2D eigenvalue weighted by atomic mass is 16.5. The van der Waals surface area contributed by atoms with Crippen molar-refractivity contribution in [1.29, 1.82) is 0 Å². The van der Waals surface area contributed by atoms with Crippen LogP contribution >= 0.6 is 0 Å². The zero-order valence-corrected chi connectivity index (χ0v) is 15.3. The normalized spacial score (nSPS) is 18.2. The maximum Gasteiger partial charge on any atom is 0.123 e. The first kappa shape index (κ1) is 18.1. The molecule has 1 aromatic carbocycles. The highest BCUT2D eigenvalue weighted by Crippen LogP contribution is 2.34. The van der Waals surface area contributed by atoms with Crippen molar-refractivity contribution in [1.82, 2.24) is 9.80 Å². The Labute approximate surface area is 141 Å². The number of ether oxygens (including phenoxy) is 2. The smallest absolute Gasteiger partial charge is 0.123 e. The molecular weight excluding hydrogens is 288 g/mol. The summed E-state index contributed by atoms with van der Waals surface area (Å²) in [5, 5.41) is 0. The van der Waals surface area contributed by atoms with Gasteiger partial charge in [-0.25, -0.2) is 0 Å². The average Bonchev–Trinajstić information content (AvgIpc) is 2.62. The van der Waals surface area contributed by atoms with Crippen LogP contribution in [0.15, 0.2) is 18.2 Å². The summed E-state index contributed by atoms with van der Waals surface area (Å²) in [5.41, 5.74) is 1.22. The molecule has 0 unspecified atom stereocenters. The molecule has 1 atom stereocenters. The van der Waals surface area contributed by atoms with Gasteiger partial charge in [-0.3, -0.25) is 4.90 Å². The quantitative estimate of drug-likeness (QED) is 0.767. The number of piperidine rings is 1. The first-order chi connectivity index (χ1) is 11.1. The van der Waals surface area contributed by atoms with Gasteiger partial charge in [-0.2, -0.15) is 0 Å². The first-order valence-corrected chi connectivity index (χ1v) is 8.84. The number of benzene rings is 1. The molecule has 1 saturated heterocycles. The number of likely N-dealkylation sites (tertiary alicyclic amines) is 1. The molecule has 0 aromatic heterocycles. The summed E-state index contributed by atoms with van der Waals surface area (Å²) in [6, 6.07) is 7.16. The van der Waals surface area contributed by atoms with E-state index in [1.54, 1.807) is 14.2 Å². The molecule has 1 fully saturated rings. The molecule has 0 radical (unpaired) electrons. The van der Waals surface area contributed by atoms with Crippen LogP contribution in [0.4, 0.5) is 0 Å². The molecule has 0 N–H and O–H groups in total. The molecule has 1 aliphatic rings. The molecule has 130 valence electrons. The SMILES string of the molecule is CCN(CC)C1CCN([C@H](C)c2cc(OC)ccc2OC)CC1. The molecule has 1 heterocycles. The van der Waals surface area contributed by atoms with Gasteiger partial charge in [-0.1, -0.05) is 13.8 Å². The summed E-state index contributed by atoms with van der Waals surface area (Å²) in [5.74, 6) is 1.84. The van der Waals surface area contributed by atoms with Gasteiger partial charge in [0.15, 0.2) is 0 Å². The minimum Gasteiger partial charge on any atom is -0.497 e. The summed E-state index contributed by atoms with van der Waals surface area (Å²) in [6.45, 7) is 11.4. The number of nitrogens with zero attached hydrogens (tertiary/aromatic N) is 2. The lowest BCUT2D eigenvalue weighted by Crippen LogP contribution is -2.45. The van der Waals surface area contributed by atoms with Gasteiger partial charge in [0.1, 0.15) is 11.5 Å². The highest BCUT2D eigenvalue weighted by molar-refractivity contribution is 5.42. The lowest BCUT2D eigenvalue weighted by molar-refractivity contribution is 0.0930. The summed E-state index contributed by atoms with van der Waals surface area (Å²) >= 11 is 0. The predicted octanol–water partition coefficient (Wildman–Crippen LogP) is 3.57.